The molecule has 0 aliphatic rings. The molecule has 4 aromatic rings. The fraction of sp³-hybridized carbons (Fsp3) is 0.207. The van der Waals surface area contributed by atoms with E-state index in [1.807, 2.05) is 0 Å². The van der Waals surface area contributed by atoms with Gasteiger partial charge in [0.2, 0.25) is 0 Å². The van der Waals surface area contributed by atoms with Gasteiger partial charge < -0.3 is 15.2 Å². The van der Waals surface area contributed by atoms with E-state index in [0.717, 1.165) is 35.6 Å². The third-order valence-corrected chi connectivity index (χ3v) is 9.03. The van der Waals surface area contributed by atoms with Crippen LogP contribution in [0.25, 0.3) is 11.3 Å². The summed E-state index contributed by atoms with van der Waals surface area (Å²) < 4.78 is 68.2. The van der Waals surface area contributed by atoms with Crippen LogP contribution in [0.1, 0.15) is 51.0 Å². The Bertz CT molecular complexity index is 1680. The van der Waals surface area contributed by atoms with Gasteiger partial charge in [-0.2, -0.15) is 13.2 Å². The molecule has 0 saturated heterocycles. The van der Waals surface area contributed by atoms with Gasteiger partial charge in [-0.1, -0.05) is 42.5 Å². The number of hydrogen-bond acceptors (Lipinski definition) is 8. The van der Waals surface area contributed by atoms with Crippen LogP contribution in [0.2, 0.25) is 0 Å². The summed E-state index contributed by atoms with van der Waals surface area (Å²) in [6.45, 7) is 2.46. The standard InChI is InChI=1S/C29H25F3N2O6S2/c1-3-42(38,39)23-14-8-18(9-15-23)24(16-35)33-27(37)20-6-4-19(5-7-20)25-26(17(2)36)41-28(34-25)40-22-12-10-21(11-13-22)29(30,31)32/h4-15,24,35H,3,16H2,1-2H3,(H,33,37)/t24-/m0/s1. The summed E-state index contributed by atoms with van der Waals surface area (Å²) >= 11 is 0.941. The number of nitrogens with one attached hydrogen (secondary N) is 1. The highest BCUT2D eigenvalue weighted by Gasteiger charge is 2.30. The molecule has 0 bridgehead atoms. The molecule has 1 heterocycles. The number of aromatic nitrogens is 1. The van der Waals surface area contributed by atoms with Crippen molar-refractivity contribution in [3.8, 4) is 22.2 Å². The van der Waals surface area contributed by atoms with E-state index in [4.69, 9.17) is 4.74 Å². The average Bonchev–Trinajstić information content (AvgIpc) is 3.40. The predicted octanol–water partition coefficient (Wildman–Crippen LogP) is 6.08. The van der Waals surface area contributed by atoms with E-state index in [1.165, 1.54) is 50.2 Å². The summed E-state index contributed by atoms with van der Waals surface area (Å²) in [5.41, 5.74) is 0.738. The molecule has 0 saturated carbocycles. The number of carbonyl (C=O) groups is 2. The number of rotatable bonds is 10. The third-order valence-electron chi connectivity index (χ3n) is 6.24. The van der Waals surface area contributed by atoms with Crippen molar-refractivity contribution in [2.45, 2.75) is 31.0 Å². The molecular weight excluding hydrogens is 593 g/mol. The average molecular weight is 619 g/mol. The van der Waals surface area contributed by atoms with Crippen LogP contribution in [0.4, 0.5) is 13.2 Å². The largest absolute Gasteiger partial charge is 0.431 e. The molecule has 0 fully saturated rings. The minimum absolute atomic E-state index is 0.0508. The van der Waals surface area contributed by atoms with Crippen molar-refractivity contribution in [1.29, 1.82) is 0 Å². The molecule has 4 rings (SSSR count). The Kier molecular flexibility index (Phi) is 9.14. The van der Waals surface area contributed by atoms with Crippen molar-refractivity contribution in [2.75, 3.05) is 12.4 Å². The lowest BCUT2D eigenvalue weighted by atomic mass is 10.0. The van der Waals surface area contributed by atoms with E-state index in [-0.39, 0.29) is 43.5 Å². The maximum Gasteiger partial charge on any atom is 0.416 e. The van der Waals surface area contributed by atoms with Crippen molar-refractivity contribution >= 4 is 32.9 Å². The monoisotopic (exact) mass is 618 g/mol. The normalized spacial score (nSPS) is 12.5. The molecule has 1 aromatic heterocycles. The summed E-state index contributed by atoms with van der Waals surface area (Å²) in [5, 5.41) is 12.6. The summed E-state index contributed by atoms with van der Waals surface area (Å²) in [7, 11) is -3.39. The van der Waals surface area contributed by atoms with Crippen LogP contribution in [0.3, 0.4) is 0 Å². The maximum absolute atomic E-state index is 12.9. The second-order valence-electron chi connectivity index (χ2n) is 9.10. The molecule has 13 heteroatoms. The zero-order valence-electron chi connectivity index (χ0n) is 22.3. The number of ketones is 1. The lowest BCUT2D eigenvalue weighted by Crippen LogP contribution is -2.30. The molecule has 8 nitrogen and oxygen atoms in total. The number of amides is 1. The molecule has 0 spiro atoms. The molecular formula is C29H25F3N2O6S2. The fourth-order valence-corrected chi connectivity index (χ4v) is 5.66. The van der Waals surface area contributed by atoms with E-state index in [1.54, 1.807) is 12.1 Å². The lowest BCUT2D eigenvalue weighted by molar-refractivity contribution is -0.137. The Balaban J connectivity index is 1.50. The Morgan fingerprint density at radius 3 is 2.14 bits per heavy atom. The molecule has 1 atom stereocenters. The number of sulfone groups is 1. The van der Waals surface area contributed by atoms with Gasteiger partial charge in [-0.25, -0.2) is 13.4 Å². The first-order valence-electron chi connectivity index (χ1n) is 12.5. The van der Waals surface area contributed by atoms with Gasteiger partial charge in [0.1, 0.15) is 10.6 Å². The van der Waals surface area contributed by atoms with Crippen LogP contribution in [0.15, 0.2) is 77.7 Å². The SMILES string of the molecule is CCS(=O)(=O)c1ccc([C@H](CO)NC(=O)c2ccc(-c3nc(Oc4ccc(C(F)(F)F)cc4)sc3C(C)=O)cc2)cc1. The molecule has 220 valence electrons. The number of thiazole rings is 1. The number of ether oxygens (including phenoxy) is 1. The van der Waals surface area contributed by atoms with E-state index in [0.29, 0.717) is 11.1 Å². The van der Waals surface area contributed by atoms with Crippen molar-refractivity contribution < 1.29 is 41.0 Å². The second-order valence-corrected chi connectivity index (χ2v) is 12.3. The molecule has 0 radical (unpaired) electrons. The Hall–Kier alpha value is -4.07. The van der Waals surface area contributed by atoms with Crippen molar-refractivity contribution in [1.82, 2.24) is 10.3 Å². The summed E-state index contributed by atoms with van der Waals surface area (Å²) in [6.07, 6.45) is -4.48. The van der Waals surface area contributed by atoms with Gasteiger partial charge >= 0.3 is 6.18 Å². The summed E-state index contributed by atoms with van der Waals surface area (Å²) in [4.78, 5) is 29.9. The smallest absolute Gasteiger partial charge is 0.416 e. The highest BCUT2D eigenvalue weighted by molar-refractivity contribution is 7.91. The van der Waals surface area contributed by atoms with Gasteiger partial charge in [0, 0.05) is 18.1 Å². The van der Waals surface area contributed by atoms with Gasteiger partial charge in [-0.15, -0.1) is 0 Å². The highest BCUT2D eigenvalue weighted by atomic mass is 32.2. The number of alkyl halides is 3. The first-order chi connectivity index (χ1) is 19.8. The minimum atomic E-state index is -4.48. The van der Waals surface area contributed by atoms with Gasteiger partial charge in [-0.3, -0.25) is 9.59 Å². The maximum atomic E-state index is 12.9. The van der Waals surface area contributed by atoms with Crippen molar-refractivity contribution in [3.63, 3.8) is 0 Å². The quantitative estimate of drug-likeness (QED) is 0.207. The summed E-state index contributed by atoms with van der Waals surface area (Å²) in [5.74, 6) is -0.729. The first kappa shape index (κ1) is 30.9. The van der Waals surface area contributed by atoms with Crippen molar-refractivity contribution in [2.24, 2.45) is 0 Å². The fourth-order valence-electron chi connectivity index (χ4n) is 3.92. The van der Waals surface area contributed by atoms with Gasteiger partial charge in [-0.05, 0) is 54.1 Å². The zero-order chi connectivity index (χ0) is 30.7. The van der Waals surface area contributed by atoms with E-state index in [9.17, 15) is 36.3 Å². The van der Waals surface area contributed by atoms with Crippen LogP contribution in [-0.2, 0) is 16.0 Å². The zero-order valence-corrected chi connectivity index (χ0v) is 23.9. The number of benzene rings is 3. The highest BCUT2D eigenvalue weighted by Crippen LogP contribution is 2.36. The van der Waals surface area contributed by atoms with Crippen LogP contribution >= 0.6 is 11.3 Å². The van der Waals surface area contributed by atoms with Crippen LogP contribution in [0.5, 0.6) is 10.9 Å². The van der Waals surface area contributed by atoms with Gasteiger partial charge in [0.15, 0.2) is 15.6 Å². The van der Waals surface area contributed by atoms with E-state index < -0.39 is 40.1 Å². The van der Waals surface area contributed by atoms with Gasteiger partial charge in [0.25, 0.3) is 11.1 Å². The number of aliphatic hydroxyl groups is 1. The molecule has 3 aromatic carbocycles. The first-order valence-corrected chi connectivity index (χ1v) is 15.0. The Morgan fingerprint density at radius 2 is 1.62 bits per heavy atom. The Morgan fingerprint density at radius 1 is 1.00 bits per heavy atom. The number of carbonyl (C=O) groups excluding carboxylic acids is 2. The molecule has 0 unspecified atom stereocenters. The van der Waals surface area contributed by atoms with E-state index in [2.05, 4.69) is 10.3 Å². The van der Waals surface area contributed by atoms with Crippen LogP contribution in [0, 0.1) is 0 Å². The molecule has 2 N–H and O–H groups in total. The number of nitrogens with zero attached hydrogens (tertiary/aromatic N) is 1. The predicted molar refractivity (Wildman–Crippen MR) is 151 cm³/mol. The van der Waals surface area contributed by atoms with Crippen LogP contribution in [-0.4, -0.2) is 42.6 Å². The van der Waals surface area contributed by atoms with Crippen LogP contribution < -0.4 is 10.1 Å². The Labute approximate surface area is 243 Å². The summed E-state index contributed by atoms with van der Waals surface area (Å²) in [6, 6.07) is 15.4. The van der Waals surface area contributed by atoms with E-state index >= 15 is 0 Å². The second kappa shape index (κ2) is 12.4. The van der Waals surface area contributed by atoms with Gasteiger partial charge in [0.05, 0.1) is 34.6 Å². The number of hydrogen-bond donors (Lipinski definition) is 2. The number of halogens is 3. The molecule has 0 aliphatic heterocycles. The molecule has 0 aliphatic carbocycles. The third kappa shape index (κ3) is 7.04. The lowest BCUT2D eigenvalue weighted by Gasteiger charge is -2.17. The number of aliphatic hydroxyl groups excluding tert-OH is 1. The topological polar surface area (TPSA) is 123 Å². The number of Topliss-reactive ketones (excluding diaryl/α,β-unsaturated/α-hetero) is 1. The molecule has 1 amide bonds. The van der Waals surface area contributed by atoms with Crippen molar-refractivity contribution in [3.05, 3.63) is 94.4 Å². The molecule has 42 heavy (non-hydrogen) atoms. The minimum Gasteiger partial charge on any atom is -0.431 e.